The van der Waals surface area contributed by atoms with Gasteiger partial charge in [-0.15, -0.1) is 0 Å². The largest absolute Gasteiger partial charge is 0.328 e. The molecule has 1 amide bonds. The van der Waals surface area contributed by atoms with Crippen LogP contribution in [0.2, 0.25) is 0 Å². The molecule has 1 aliphatic carbocycles. The maximum atomic E-state index is 13.3. The number of rotatable bonds is 2. The number of nitrogens with zero attached hydrogens (tertiary/aromatic N) is 2. The lowest BCUT2D eigenvalue weighted by molar-refractivity contribution is 0.0590. The molecule has 0 spiro atoms. The number of carbonyl (C=O) groups is 1. The number of carbonyl (C=O) groups excluding carboxylic acids is 1. The molecule has 6 nitrogen and oxygen atoms in total. The van der Waals surface area contributed by atoms with Crippen LogP contribution >= 0.6 is 0 Å². The normalized spacial score (nSPS) is 25.0. The maximum Gasteiger partial charge on any atom is 0.273 e. The number of pyridine rings is 1. The summed E-state index contributed by atoms with van der Waals surface area (Å²) < 4.78 is 0. The first kappa shape index (κ1) is 14.5. The summed E-state index contributed by atoms with van der Waals surface area (Å²) in [5.74, 6) is 0.486. The van der Waals surface area contributed by atoms with Gasteiger partial charge in [0, 0.05) is 12.2 Å². The Hall–Kier alpha value is -2.89. The maximum absolute atomic E-state index is 13.3. The van der Waals surface area contributed by atoms with Crippen LogP contribution in [0.3, 0.4) is 0 Å². The van der Waals surface area contributed by atoms with Gasteiger partial charge >= 0.3 is 0 Å². The van der Waals surface area contributed by atoms with Crippen molar-refractivity contribution < 1.29 is 4.79 Å². The minimum Gasteiger partial charge on any atom is -0.328 e. The molecule has 126 valence electrons. The molecule has 0 radical (unpaired) electrons. The van der Waals surface area contributed by atoms with Gasteiger partial charge in [0.15, 0.2) is 5.65 Å². The van der Waals surface area contributed by atoms with Crippen LogP contribution in [0.5, 0.6) is 0 Å². The summed E-state index contributed by atoms with van der Waals surface area (Å²) in [5.41, 5.74) is 1.89. The molecule has 25 heavy (non-hydrogen) atoms. The number of likely N-dealkylation sites (tertiary alicyclic amines) is 1. The van der Waals surface area contributed by atoms with Crippen LogP contribution in [0.15, 0.2) is 47.4 Å². The van der Waals surface area contributed by atoms with Crippen molar-refractivity contribution in [2.75, 3.05) is 0 Å². The van der Waals surface area contributed by atoms with Crippen molar-refractivity contribution in [3.63, 3.8) is 0 Å². The quantitative estimate of drug-likeness (QED) is 0.756. The molecule has 2 fully saturated rings. The molecule has 3 unspecified atom stereocenters. The smallest absolute Gasteiger partial charge is 0.273 e. The van der Waals surface area contributed by atoms with Gasteiger partial charge in [0.2, 0.25) is 0 Å². The fraction of sp³-hybridized carbons (Fsp3) is 0.316. The van der Waals surface area contributed by atoms with E-state index in [0.29, 0.717) is 22.5 Å². The number of hydrogen-bond acceptors (Lipinski definition) is 3. The van der Waals surface area contributed by atoms with Crippen molar-refractivity contribution in [2.24, 2.45) is 5.92 Å². The summed E-state index contributed by atoms with van der Waals surface area (Å²) in [4.78, 5) is 31.3. The summed E-state index contributed by atoms with van der Waals surface area (Å²) in [5, 5.41) is 5.64. The molecule has 3 atom stereocenters. The van der Waals surface area contributed by atoms with Gasteiger partial charge in [0.1, 0.15) is 0 Å². The molecule has 1 saturated heterocycles. The molecule has 2 N–H and O–H groups in total. The Morgan fingerprint density at radius 2 is 2.00 bits per heavy atom. The highest BCUT2D eigenvalue weighted by Gasteiger charge is 2.48. The topological polar surface area (TPSA) is 81.8 Å². The first-order chi connectivity index (χ1) is 12.2. The standard InChI is InChI=1S/C19H18N4O2/c24-18-15-9-13(10-20-17(15)21-22-18)19(25)23-14-7-6-12(8-14)16(23)11-4-2-1-3-5-11/h1-5,9-10,12,14,16H,6-8H2,(H2,20,21,22,24). The molecule has 5 rings (SSSR count). The van der Waals surface area contributed by atoms with Gasteiger partial charge in [-0.25, -0.2) is 4.98 Å². The van der Waals surface area contributed by atoms with Crippen molar-refractivity contribution in [1.82, 2.24) is 20.1 Å². The van der Waals surface area contributed by atoms with E-state index in [-0.39, 0.29) is 23.6 Å². The van der Waals surface area contributed by atoms with Crippen molar-refractivity contribution in [3.8, 4) is 0 Å². The van der Waals surface area contributed by atoms with E-state index in [1.165, 1.54) is 12.0 Å². The number of H-pyrrole nitrogens is 2. The van der Waals surface area contributed by atoms with Gasteiger partial charge in [0.25, 0.3) is 11.5 Å². The summed E-state index contributed by atoms with van der Waals surface area (Å²) in [7, 11) is 0. The monoisotopic (exact) mass is 334 g/mol. The fourth-order valence-electron chi connectivity index (χ4n) is 4.55. The lowest BCUT2D eigenvalue weighted by Crippen LogP contribution is -2.40. The van der Waals surface area contributed by atoms with E-state index in [2.05, 4.69) is 27.3 Å². The highest BCUT2D eigenvalue weighted by atomic mass is 16.2. The molecule has 2 bridgehead atoms. The number of amides is 1. The minimum atomic E-state index is -0.250. The molecule has 1 aliphatic heterocycles. The van der Waals surface area contributed by atoms with E-state index in [1.807, 2.05) is 23.1 Å². The molecular formula is C19H18N4O2. The minimum absolute atomic E-state index is 0.0314. The van der Waals surface area contributed by atoms with Crippen LogP contribution in [-0.2, 0) is 0 Å². The van der Waals surface area contributed by atoms with Gasteiger partial charge in [-0.2, -0.15) is 0 Å². The molecule has 3 aromatic rings. The van der Waals surface area contributed by atoms with Crippen LogP contribution in [-0.4, -0.2) is 32.0 Å². The van der Waals surface area contributed by atoms with Gasteiger partial charge in [-0.3, -0.25) is 19.8 Å². The third-order valence-electron chi connectivity index (χ3n) is 5.63. The van der Waals surface area contributed by atoms with E-state index < -0.39 is 0 Å². The molecule has 2 aromatic heterocycles. The number of fused-ring (bicyclic) bond motifs is 3. The highest BCUT2D eigenvalue weighted by molar-refractivity contribution is 5.97. The second-order valence-corrected chi connectivity index (χ2v) is 6.99. The molecular weight excluding hydrogens is 316 g/mol. The van der Waals surface area contributed by atoms with Crippen molar-refractivity contribution in [3.05, 3.63) is 64.1 Å². The van der Waals surface area contributed by atoms with E-state index in [0.717, 1.165) is 12.8 Å². The Bertz CT molecular complexity index is 1010. The van der Waals surface area contributed by atoms with E-state index >= 15 is 0 Å². The van der Waals surface area contributed by atoms with Crippen LogP contribution < -0.4 is 5.56 Å². The van der Waals surface area contributed by atoms with Crippen LogP contribution in [0, 0.1) is 5.92 Å². The van der Waals surface area contributed by atoms with Crippen LogP contribution in [0.1, 0.15) is 41.2 Å². The predicted molar refractivity (Wildman–Crippen MR) is 93.2 cm³/mol. The van der Waals surface area contributed by atoms with Gasteiger partial charge in [0.05, 0.1) is 17.0 Å². The zero-order valence-corrected chi connectivity index (χ0v) is 13.6. The second-order valence-electron chi connectivity index (χ2n) is 6.99. The SMILES string of the molecule is O=C(c1cnc2[nH][nH]c(=O)c2c1)N1C2CCC(C2)C1c1ccccc1. The van der Waals surface area contributed by atoms with Gasteiger partial charge in [-0.05, 0) is 36.8 Å². The zero-order valence-electron chi connectivity index (χ0n) is 13.6. The number of hydrogen-bond donors (Lipinski definition) is 2. The number of nitrogens with one attached hydrogen (secondary N) is 2. The first-order valence-electron chi connectivity index (χ1n) is 8.66. The van der Waals surface area contributed by atoms with Gasteiger partial charge < -0.3 is 4.90 Å². The summed E-state index contributed by atoms with van der Waals surface area (Å²) >= 11 is 0. The number of benzene rings is 1. The third-order valence-corrected chi connectivity index (χ3v) is 5.63. The first-order valence-corrected chi connectivity index (χ1v) is 8.66. The average molecular weight is 334 g/mol. The highest BCUT2D eigenvalue weighted by Crippen LogP contribution is 2.50. The lowest BCUT2D eigenvalue weighted by atomic mass is 9.91. The van der Waals surface area contributed by atoms with Crippen molar-refractivity contribution >= 4 is 16.9 Å². The number of piperidine rings is 1. The third kappa shape index (κ3) is 2.13. The molecule has 1 saturated carbocycles. The Morgan fingerprint density at radius 3 is 2.84 bits per heavy atom. The number of aromatic nitrogens is 3. The summed E-state index contributed by atoms with van der Waals surface area (Å²) in [6, 6.07) is 12.3. The Labute approximate surface area is 143 Å². The van der Waals surface area contributed by atoms with Gasteiger partial charge in [-0.1, -0.05) is 30.3 Å². The van der Waals surface area contributed by atoms with E-state index in [1.54, 1.807) is 12.3 Å². The van der Waals surface area contributed by atoms with Crippen LogP contribution in [0.25, 0.3) is 11.0 Å². The summed E-state index contributed by atoms with van der Waals surface area (Å²) in [6.45, 7) is 0. The molecule has 3 heterocycles. The van der Waals surface area contributed by atoms with Crippen LogP contribution in [0.4, 0.5) is 0 Å². The number of aromatic amines is 2. The Morgan fingerprint density at radius 1 is 1.16 bits per heavy atom. The average Bonchev–Trinajstić information content (AvgIpc) is 3.36. The van der Waals surface area contributed by atoms with E-state index in [9.17, 15) is 9.59 Å². The lowest BCUT2D eigenvalue weighted by Gasteiger charge is -2.35. The molecule has 6 heteroatoms. The van der Waals surface area contributed by atoms with Crippen molar-refractivity contribution in [1.29, 1.82) is 0 Å². The Kier molecular flexibility index (Phi) is 3.07. The second kappa shape index (κ2) is 5.31. The van der Waals surface area contributed by atoms with E-state index in [4.69, 9.17) is 0 Å². The predicted octanol–water partition coefficient (Wildman–Crippen LogP) is 2.62. The zero-order chi connectivity index (χ0) is 17.0. The van der Waals surface area contributed by atoms with Crippen molar-refractivity contribution in [2.45, 2.75) is 31.3 Å². The fourth-order valence-corrected chi connectivity index (χ4v) is 4.55. The molecule has 1 aromatic carbocycles. The summed E-state index contributed by atoms with van der Waals surface area (Å²) in [6.07, 6.45) is 4.84. The molecule has 2 aliphatic rings. The Balaban J connectivity index is 1.56.